The third-order valence-corrected chi connectivity index (χ3v) is 5.17. The van der Waals surface area contributed by atoms with Gasteiger partial charge in [0.2, 0.25) is 0 Å². The molecule has 4 nitrogen and oxygen atoms in total. The Hall–Kier alpha value is -2.04. The zero-order valence-corrected chi connectivity index (χ0v) is 15.4. The fourth-order valence-corrected chi connectivity index (χ4v) is 3.48. The summed E-state index contributed by atoms with van der Waals surface area (Å²) in [7, 11) is 2.16. The number of para-hydroxylation sites is 2. The van der Waals surface area contributed by atoms with Gasteiger partial charge in [0, 0.05) is 18.1 Å². The summed E-state index contributed by atoms with van der Waals surface area (Å²) in [6, 6.07) is 8.27. The number of amidine groups is 1. The third kappa shape index (κ3) is 3.80. The zero-order valence-electron chi connectivity index (χ0n) is 14.7. The van der Waals surface area contributed by atoms with Crippen LogP contribution in [0, 0.1) is 0 Å². The van der Waals surface area contributed by atoms with Crippen molar-refractivity contribution in [3.63, 3.8) is 0 Å². The highest BCUT2D eigenvalue weighted by atomic mass is 35.5. The molecule has 1 aromatic rings. The maximum atomic E-state index is 6.10. The van der Waals surface area contributed by atoms with Crippen molar-refractivity contribution < 1.29 is 0 Å². The molecule has 25 heavy (non-hydrogen) atoms. The predicted molar refractivity (Wildman–Crippen MR) is 109 cm³/mol. The van der Waals surface area contributed by atoms with Gasteiger partial charge >= 0.3 is 0 Å². The number of likely N-dealkylation sites (tertiary alicyclic amines) is 1. The molecule has 1 saturated heterocycles. The number of hydrogen-bond acceptors (Lipinski definition) is 3. The van der Waals surface area contributed by atoms with Crippen LogP contribution in [0.15, 0.2) is 65.2 Å². The molecule has 1 aromatic carbocycles. The average molecular weight is 357 g/mol. The minimum absolute atomic E-state index is 0.159. The highest BCUT2D eigenvalue weighted by Gasteiger charge is 2.41. The number of nitrogens with one attached hydrogen (secondary N) is 2. The van der Waals surface area contributed by atoms with Crippen molar-refractivity contribution in [2.75, 3.05) is 37.3 Å². The first-order valence-corrected chi connectivity index (χ1v) is 8.96. The van der Waals surface area contributed by atoms with E-state index in [9.17, 15) is 0 Å². The summed E-state index contributed by atoms with van der Waals surface area (Å²) in [6.07, 6.45) is 5.60. The Balaban J connectivity index is 1.93. The molecular formula is C20H25ClN4. The molecule has 0 unspecified atom stereocenters. The Morgan fingerprint density at radius 1 is 1.32 bits per heavy atom. The summed E-state index contributed by atoms with van der Waals surface area (Å²) in [5, 5.41) is 7.81. The normalized spacial score (nSPS) is 21.4. The van der Waals surface area contributed by atoms with Gasteiger partial charge in [-0.15, -0.1) is 0 Å². The molecule has 0 bridgehead atoms. The van der Waals surface area contributed by atoms with Crippen LogP contribution in [0.4, 0.5) is 11.4 Å². The summed E-state index contributed by atoms with van der Waals surface area (Å²) in [6.45, 7) is 10.1. The predicted octanol–water partition coefficient (Wildman–Crippen LogP) is 4.25. The number of benzene rings is 1. The van der Waals surface area contributed by atoms with Crippen molar-refractivity contribution in [3.05, 3.63) is 60.2 Å². The summed E-state index contributed by atoms with van der Waals surface area (Å²) >= 11 is 6.10. The van der Waals surface area contributed by atoms with Gasteiger partial charge in [0.25, 0.3) is 0 Å². The van der Waals surface area contributed by atoms with Gasteiger partial charge in [-0.05, 0) is 37.6 Å². The molecule has 0 amide bonds. The number of aliphatic imine (C=N–C) groups is 1. The zero-order chi connectivity index (χ0) is 17.9. The van der Waals surface area contributed by atoms with Gasteiger partial charge in [-0.2, -0.15) is 0 Å². The molecule has 0 aromatic heterocycles. The summed E-state index contributed by atoms with van der Waals surface area (Å²) in [5.41, 5.74) is 2.92. The molecule has 2 N–H and O–H groups in total. The van der Waals surface area contributed by atoms with Crippen molar-refractivity contribution in [1.29, 1.82) is 0 Å². The van der Waals surface area contributed by atoms with Crippen molar-refractivity contribution in [1.82, 2.24) is 4.90 Å². The number of nitrogens with zero attached hydrogens (tertiary/aromatic N) is 2. The van der Waals surface area contributed by atoms with Crippen molar-refractivity contribution in [2.24, 2.45) is 4.99 Å². The summed E-state index contributed by atoms with van der Waals surface area (Å²) < 4.78 is 0. The van der Waals surface area contributed by atoms with Crippen LogP contribution >= 0.6 is 11.6 Å². The average Bonchev–Trinajstić information content (AvgIpc) is 2.61. The first-order chi connectivity index (χ1) is 12.0. The van der Waals surface area contributed by atoms with Crippen molar-refractivity contribution in [3.8, 4) is 0 Å². The number of rotatable bonds is 4. The monoisotopic (exact) mass is 356 g/mol. The van der Waals surface area contributed by atoms with Gasteiger partial charge in [-0.1, -0.05) is 49.0 Å². The van der Waals surface area contributed by atoms with Crippen molar-refractivity contribution >= 4 is 28.8 Å². The standard InChI is InChI=1S/C20H25ClN4/c1-4-7-16(15(2)21)14-22-19-20(10-12-25(3)13-11-20)24-18-9-6-5-8-17(18)23-19/h4-9,24H,1-2,10-14H2,3H3,(H,22,23)/b16-7-. The lowest BCUT2D eigenvalue weighted by Gasteiger charge is -2.46. The second-order valence-electron chi connectivity index (χ2n) is 6.68. The van der Waals surface area contributed by atoms with Gasteiger partial charge in [-0.3, -0.25) is 4.99 Å². The van der Waals surface area contributed by atoms with Crippen molar-refractivity contribution in [2.45, 2.75) is 18.4 Å². The van der Waals surface area contributed by atoms with E-state index >= 15 is 0 Å². The molecule has 0 atom stereocenters. The number of allylic oxidation sites excluding steroid dienone is 2. The van der Waals surface area contributed by atoms with Crippen LogP contribution in [-0.4, -0.2) is 43.0 Å². The van der Waals surface area contributed by atoms with Gasteiger partial charge in [0.05, 0.1) is 23.5 Å². The first kappa shape index (κ1) is 17.8. The Kier molecular flexibility index (Phi) is 5.30. The van der Waals surface area contributed by atoms with Crippen LogP contribution < -0.4 is 10.6 Å². The largest absolute Gasteiger partial charge is 0.371 e. The van der Waals surface area contributed by atoms with Gasteiger partial charge in [0.15, 0.2) is 0 Å². The molecule has 1 fully saturated rings. The number of hydrogen-bond donors (Lipinski definition) is 2. The Bertz CT molecular complexity index is 727. The molecule has 1 spiro atoms. The van der Waals surface area contributed by atoms with Crippen LogP contribution in [0.2, 0.25) is 0 Å². The molecule has 2 heterocycles. The van der Waals surface area contributed by atoms with Crippen LogP contribution in [0.5, 0.6) is 0 Å². The van der Waals surface area contributed by atoms with E-state index in [1.807, 2.05) is 12.1 Å². The van der Waals surface area contributed by atoms with E-state index in [2.05, 4.69) is 53.9 Å². The van der Waals surface area contributed by atoms with E-state index in [4.69, 9.17) is 16.6 Å². The number of anilines is 2. The van der Waals surface area contributed by atoms with E-state index < -0.39 is 0 Å². The number of piperidine rings is 1. The Morgan fingerprint density at radius 2 is 2.00 bits per heavy atom. The van der Waals surface area contributed by atoms with E-state index in [-0.39, 0.29) is 5.54 Å². The fraction of sp³-hybridized carbons (Fsp3) is 0.350. The quantitative estimate of drug-likeness (QED) is 0.792. The number of halogens is 1. The molecule has 0 saturated carbocycles. The molecule has 0 aliphatic carbocycles. The van der Waals surface area contributed by atoms with E-state index in [1.165, 1.54) is 0 Å². The summed E-state index contributed by atoms with van der Waals surface area (Å²) in [5.74, 6) is 0.979. The molecule has 3 rings (SSSR count). The topological polar surface area (TPSA) is 39.7 Å². The lowest BCUT2D eigenvalue weighted by atomic mass is 9.84. The van der Waals surface area contributed by atoms with Crippen LogP contribution in [0.1, 0.15) is 12.8 Å². The van der Waals surface area contributed by atoms with Crippen LogP contribution in [-0.2, 0) is 0 Å². The van der Waals surface area contributed by atoms with Crippen LogP contribution in [0.3, 0.4) is 0 Å². The smallest absolute Gasteiger partial charge is 0.127 e. The lowest BCUT2D eigenvalue weighted by molar-refractivity contribution is 0.240. The maximum absolute atomic E-state index is 6.10. The second kappa shape index (κ2) is 7.46. The third-order valence-electron chi connectivity index (χ3n) is 4.92. The van der Waals surface area contributed by atoms with E-state index in [0.29, 0.717) is 11.6 Å². The molecule has 132 valence electrons. The van der Waals surface area contributed by atoms with Gasteiger partial charge in [-0.25, -0.2) is 0 Å². The Labute approximate surface area is 155 Å². The molecule has 5 heteroatoms. The summed E-state index contributed by atoms with van der Waals surface area (Å²) in [4.78, 5) is 7.24. The van der Waals surface area contributed by atoms with Gasteiger partial charge in [0.1, 0.15) is 5.84 Å². The van der Waals surface area contributed by atoms with E-state index in [0.717, 1.165) is 48.7 Å². The highest BCUT2D eigenvalue weighted by Crippen LogP contribution is 2.36. The van der Waals surface area contributed by atoms with Gasteiger partial charge < -0.3 is 15.5 Å². The second-order valence-corrected chi connectivity index (χ2v) is 7.13. The lowest BCUT2D eigenvalue weighted by Crippen LogP contribution is -2.58. The molecular weight excluding hydrogens is 332 g/mol. The molecule has 2 aliphatic rings. The number of fused-ring (bicyclic) bond motifs is 1. The molecule has 0 radical (unpaired) electrons. The first-order valence-electron chi connectivity index (χ1n) is 8.58. The SMILES string of the molecule is C=C/C=C(/CN=C1Nc2ccccc2NC12CCN(C)CC2)C(=C)Cl. The van der Waals surface area contributed by atoms with Crippen LogP contribution in [0.25, 0.3) is 0 Å². The Morgan fingerprint density at radius 3 is 2.64 bits per heavy atom. The highest BCUT2D eigenvalue weighted by molar-refractivity contribution is 6.31. The minimum Gasteiger partial charge on any atom is -0.371 e. The minimum atomic E-state index is -0.159. The maximum Gasteiger partial charge on any atom is 0.127 e. The molecule has 2 aliphatic heterocycles. The van der Waals surface area contributed by atoms with E-state index in [1.54, 1.807) is 6.08 Å². The fourth-order valence-electron chi connectivity index (χ4n) is 3.35.